The van der Waals surface area contributed by atoms with Crippen molar-refractivity contribution in [3.8, 4) is 0 Å². The van der Waals surface area contributed by atoms with Crippen LogP contribution >= 0.6 is 0 Å². The minimum Gasteiger partial charge on any atom is -0.254 e. The average Bonchev–Trinajstić information content (AvgIpc) is 2.62. The molecule has 1 aromatic rings. The Labute approximate surface area is 98.4 Å². The van der Waals surface area contributed by atoms with E-state index in [4.69, 9.17) is 0 Å². The second kappa shape index (κ2) is 4.19. The van der Waals surface area contributed by atoms with E-state index in [2.05, 4.69) is 51.5 Å². The summed E-state index contributed by atoms with van der Waals surface area (Å²) in [5, 5.41) is 0. The van der Waals surface area contributed by atoms with Gasteiger partial charge in [-0.15, -0.1) is 0 Å². The van der Waals surface area contributed by atoms with Crippen LogP contribution in [0.5, 0.6) is 0 Å². The zero-order valence-electron chi connectivity index (χ0n) is 10.9. The number of hydrogen-bond donors (Lipinski definition) is 2. The predicted molar refractivity (Wildman–Crippen MR) is 68.5 cm³/mol. The lowest BCUT2D eigenvalue weighted by atomic mass is 9.88. The highest BCUT2D eigenvalue weighted by Crippen LogP contribution is 2.31. The van der Waals surface area contributed by atoms with Crippen LogP contribution in [0.25, 0.3) is 0 Å². The topological polar surface area (TPSA) is 24.1 Å². The lowest BCUT2D eigenvalue weighted by Crippen LogP contribution is -2.29. The SMILES string of the molecule is Cc1cc(C)c(C)c(C2CC(C)NN2)c1C. The predicted octanol–water partition coefficient (Wildman–Crippen LogP) is 2.85. The Morgan fingerprint density at radius 2 is 1.56 bits per heavy atom. The molecule has 1 fully saturated rings. The highest BCUT2D eigenvalue weighted by atomic mass is 15.4. The molecular weight excluding hydrogens is 196 g/mol. The van der Waals surface area contributed by atoms with Crippen LogP contribution in [-0.4, -0.2) is 6.04 Å². The maximum Gasteiger partial charge on any atom is 0.0483 e. The molecule has 0 aromatic heterocycles. The minimum absolute atomic E-state index is 0.466. The van der Waals surface area contributed by atoms with Gasteiger partial charge in [0.15, 0.2) is 0 Å². The third-order valence-electron chi connectivity index (χ3n) is 3.87. The molecule has 0 saturated carbocycles. The Kier molecular flexibility index (Phi) is 3.04. The maximum atomic E-state index is 3.41. The molecule has 2 nitrogen and oxygen atoms in total. The van der Waals surface area contributed by atoms with Crippen molar-refractivity contribution in [1.29, 1.82) is 0 Å². The first-order chi connectivity index (χ1) is 7.50. The van der Waals surface area contributed by atoms with E-state index in [1.54, 1.807) is 0 Å². The van der Waals surface area contributed by atoms with Crippen LogP contribution in [0.4, 0.5) is 0 Å². The molecule has 0 spiro atoms. The number of hydrazine groups is 1. The Hall–Kier alpha value is -0.860. The highest BCUT2D eigenvalue weighted by molar-refractivity contribution is 5.46. The van der Waals surface area contributed by atoms with Gasteiger partial charge in [-0.3, -0.25) is 10.9 Å². The Balaban J connectivity index is 2.47. The molecule has 2 N–H and O–H groups in total. The monoisotopic (exact) mass is 218 g/mol. The maximum absolute atomic E-state index is 3.41. The fraction of sp³-hybridized carbons (Fsp3) is 0.571. The largest absolute Gasteiger partial charge is 0.254 e. The first kappa shape index (κ1) is 11.6. The molecule has 1 heterocycles. The molecule has 2 heteroatoms. The first-order valence-electron chi connectivity index (χ1n) is 6.09. The summed E-state index contributed by atoms with van der Waals surface area (Å²) in [5.74, 6) is 0. The molecule has 2 rings (SSSR count). The molecule has 1 saturated heterocycles. The normalized spacial score (nSPS) is 25.1. The van der Waals surface area contributed by atoms with Gasteiger partial charge in [-0.2, -0.15) is 0 Å². The van der Waals surface area contributed by atoms with Crippen LogP contribution in [-0.2, 0) is 0 Å². The summed E-state index contributed by atoms with van der Waals surface area (Å²) in [6.45, 7) is 11.1. The van der Waals surface area contributed by atoms with Crippen molar-refractivity contribution in [3.05, 3.63) is 33.9 Å². The van der Waals surface area contributed by atoms with Crippen LogP contribution in [0.15, 0.2) is 6.07 Å². The number of hydrogen-bond acceptors (Lipinski definition) is 2. The number of benzene rings is 1. The molecule has 1 aliphatic heterocycles. The van der Waals surface area contributed by atoms with E-state index < -0.39 is 0 Å². The summed E-state index contributed by atoms with van der Waals surface area (Å²) in [6, 6.07) is 3.32. The van der Waals surface area contributed by atoms with Gasteiger partial charge in [0.1, 0.15) is 0 Å². The average molecular weight is 218 g/mol. The molecule has 0 amide bonds. The zero-order chi connectivity index (χ0) is 11.9. The van der Waals surface area contributed by atoms with Gasteiger partial charge in [0, 0.05) is 12.1 Å². The van der Waals surface area contributed by atoms with E-state index in [0.29, 0.717) is 12.1 Å². The van der Waals surface area contributed by atoms with E-state index >= 15 is 0 Å². The highest BCUT2D eigenvalue weighted by Gasteiger charge is 2.25. The molecule has 2 atom stereocenters. The van der Waals surface area contributed by atoms with Crippen LogP contribution in [0.2, 0.25) is 0 Å². The second-order valence-corrected chi connectivity index (χ2v) is 5.15. The van der Waals surface area contributed by atoms with Crippen molar-refractivity contribution in [2.24, 2.45) is 0 Å². The molecular formula is C14H22N2. The summed E-state index contributed by atoms with van der Waals surface area (Å²) in [7, 11) is 0. The quantitative estimate of drug-likeness (QED) is 0.757. The van der Waals surface area contributed by atoms with Gasteiger partial charge < -0.3 is 0 Å². The Morgan fingerprint density at radius 3 is 2.00 bits per heavy atom. The Morgan fingerprint density at radius 1 is 1.00 bits per heavy atom. The molecule has 2 unspecified atom stereocenters. The van der Waals surface area contributed by atoms with Crippen molar-refractivity contribution >= 4 is 0 Å². The fourth-order valence-corrected chi connectivity index (χ4v) is 2.67. The van der Waals surface area contributed by atoms with Gasteiger partial charge in [0.2, 0.25) is 0 Å². The van der Waals surface area contributed by atoms with Crippen molar-refractivity contribution < 1.29 is 0 Å². The summed E-state index contributed by atoms with van der Waals surface area (Å²) >= 11 is 0. The molecule has 16 heavy (non-hydrogen) atoms. The van der Waals surface area contributed by atoms with E-state index in [-0.39, 0.29) is 0 Å². The zero-order valence-corrected chi connectivity index (χ0v) is 10.9. The number of rotatable bonds is 1. The fourth-order valence-electron chi connectivity index (χ4n) is 2.67. The van der Waals surface area contributed by atoms with Gasteiger partial charge in [-0.1, -0.05) is 6.07 Å². The third-order valence-corrected chi connectivity index (χ3v) is 3.87. The smallest absolute Gasteiger partial charge is 0.0483 e. The summed E-state index contributed by atoms with van der Waals surface area (Å²) in [4.78, 5) is 0. The molecule has 1 aromatic carbocycles. The molecule has 88 valence electrons. The van der Waals surface area contributed by atoms with Crippen LogP contribution in [0.3, 0.4) is 0 Å². The summed E-state index contributed by atoms with van der Waals surface area (Å²) < 4.78 is 0. The van der Waals surface area contributed by atoms with E-state index in [9.17, 15) is 0 Å². The molecule has 1 aliphatic rings. The minimum atomic E-state index is 0.466. The molecule has 0 bridgehead atoms. The summed E-state index contributed by atoms with van der Waals surface area (Å²) in [5.41, 5.74) is 13.9. The lowest BCUT2D eigenvalue weighted by molar-refractivity contribution is 0.557. The van der Waals surface area contributed by atoms with Crippen LogP contribution < -0.4 is 10.9 Å². The van der Waals surface area contributed by atoms with Crippen LogP contribution in [0.1, 0.15) is 47.2 Å². The molecule has 0 radical (unpaired) electrons. The van der Waals surface area contributed by atoms with Gasteiger partial charge in [0.05, 0.1) is 0 Å². The lowest BCUT2D eigenvalue weighted by Gasteiger charge is -2.20. The first-order valence-corrected chi connectivity index (χ1v) is 6.09. The number of nitrogens with one attached hydrogen (secondary N) is 2. The molecule has 0 aliphatic carbocycles. The summed E-state index contributed by atoms with van der Waals surface area (Å²) in [6.07, 6.45) is 1.17. The Bertz CT molecular complexity index is 383. The van der Waals surface area contributed by atoms with Crippen molar-refractivity contribution in [1.82, 2.24) is 10.9 Å². The van der Waals surface area contributed by atoms with Gasteiger partial charge in [-0.05, 0) is 68.9 Å². The van der Waals surface area contributed by atoms with Gasteiger partial charge in [0.25, 0.3) is 0 Å². The van der Waals surface area contributed by atoms with Gasteiger partial charge >= 0.3 is 0 Å². The standard InChI is InChI=1S/C14H22N2/c1-8-6-9(2)12(5)14(11(8)4)13-7-10(3)15-16-13/h6,10,13,15-16H,7H2,1-5H3. The van der Waals surface area contributed by atoms with Crippen molar-refractivity contribution in [2.45, 2.75) is 53.1 Å². The van der Waals surface area contributed by atoms with Crippen LogP contribution in [0, 0.1) is 27.7 Å². The van der Waals surface area contributed by atoms with E-state index in [1.165, 1.54) is 34.2 Å². The van der Waals surface area contributed by atoms with Crippen molar-refractivity contribution in [3.63, 3.8) is 0 Å². The second-order valence-electron chi connectivity index (χ2n) is 5.15. The van der Waals surface area contributed by atoms with E-state index in [0.717, 1.165) is 0 Å². The van der Waals surface area contributed by atoms with Gasteiger partial charge in [-0.25, -0.2) is 0 Å². The van der Waals surface area contributed by atoms with Crippen molar-refractivity contribution in [2.75, 3.05) is 0 Å². The van der Waals surface area contributed by atoms with E-state index in [1.807, 2.05) is 0 Å². The number of aryl methyl sites for hydroxylation is 2. The third kappa shape index (κ3) is 1.87.